The summed E-state index contributed by atoms with van der Waals surface area (Å²) in [5.74, 6) is -0.883. The number of likely N-dealkylation sites (tertiary alicyclic amines) is 2. The van der Waals surface area contributed by atoms with Crippen molar-refractivity contribution >= 4 is 23.8 Å². The average molecular weight is 739 g/mol. The second kappa shape index (κ2) is 16.4. The predicted molar refractivity (Wildman–Crippen MR) is 186 cm³/mol. The molecule has 2 atom stereocenters. The number of rotatable bonds is 4. The van der Waals surface area contributed by atoms with Crippen LogP contribution in [0.1, 0.15) is 77.0 Å². The van der Waals surface area contributed by atoms with E-state index in [0.717, 1.165) is 23.3 Å². The Labute approximate surface area is 305 Å². The molecule has 12 nitrogen and oxygen atoms in total. The van der Waals surface area contributed by atoms with Crippen molar-refractivity contribution in [3.8, 4) is 0 Å². The zero-order valence-electron chi connectivity index (χ0n) is 29.7. The van der Waals surface area contributed by atoms with Crippen LogP contribution in [0.4, 0.5) is 18.0 Å². The van der Waals surface area contributed by atoms with Crippen LogP contribution in [0.15, 0.2) is 59.1 Å². The Bertz CT molecular complexity index is 1760. The number of aryl methyl sites for hydroxylation is 1. The topological polar surface area (TPSA) is 146 Å². The first-order valence-corrected chi connectivity index (χ1v) is 18.0. The summed E-state index contributed by atoms with van der Waals surface area (Å²) >= 11 is 0. The monoisotopic (exact) mass is 738 g/mol. The van der Waals surface area contributed by atoms with Crippen molar-refractivity contribution in [1.29, 1.82) is 0 Å². The van der Waals surface area contributed by atoms with Gasteiger partial charge in [-0.2, -0.15) is 13.2 Å². The Morgan fingerprint density at radius 1 is 0.943 bits per heavy atom. The van der Waals surface area contributed by atoms with Gasteiger partial charge in [-0.15, -0.1) is 0 Å². The van der Waals surface area contributed by atoms with Gasteiger partial charge in [0, 0.05) is 52.1 Å². The zero-order valence-corrected chi connectivity index (χ0v) is 29.7. The van der Waals surface area contributed by atoms with Gasteiger partial charge < -0.3 is 30.1 Å². The maximum atomic E-state index is 13.8. The summed E-state index contributed by atoms with van der Waals surface area (Å²) in [7, 11) is 0. The third-order valence-electron chi connectivity index (χ3n) is 10.6. The van der Waals surface area contributed by atoms with Gasteiger partial charge >= 0.3 is 12.3 Å². The van der Waals surface area contributed by atoms with Crippen molar-refractivity contribution in [2.45, 2.75) is 76.9 Å². The molecule has 1 aromatic heterocycles. The van der Waals surface area contributed by atoms with Crippen LogP contribution >= 0.6 is 0 Å². The van der Waals surface area contributed by atoms with Crippen LogP contribution in [-0.2, 0) is 40.2 Å². The number of benzene rings is 2. The van der Waals surface area contributed by atoms with Gasteiger partial charge in [0.05, 0.1) is 23.3 Å². The number of carbonyl (C=O) groups is 4. The quantitative estimate of drug-likeness (QED) is 0.341. The number of ether oxygens (including phenoxy) is 1. The molecule has 2 saturated heterocycles. The van der Waals surface area contributed by atoms with Crippen molar-refractivity contribution < 1.29 is 41.6 Å². The first kappa shape index (κ1) is 37.8. The molecule has 15 heteroatoms. The summed E-state index contributed by atoms with van der Waals surface area (Å²) < 4.78 is 50.3. The van der Waals surface area contributed by atoms with Crippen LogP contribution in [0.5, 0.6) is 0 Å². The van der Waals surface area contributed by atoms with E-state index in [1.807, 2.05) is 30.3 Å². The van der Waals surface area contributed by atoms with Crippen LogP contribution < -0.4 is 16.0 Å². The van der Waals surface area contributed by atoms with E-state index < -0.39 is 29.3 Å². The standard InChI is InChI=1S/C38H45F3N6O6/c1-25-34-31(53-45-25)21-43-32(48)19-28-12-16-47(36(51)52-24-27-5-3-2-4-6-27)23-29(28)11-15-42-33(49)20-37(44-35(34)50)13-17-46(18-14-37)22-26-7-9-30(10-8-26)38(39,40)41/h2-10,28-29H,11-24H2,1H3,(H,42,49)(H,43,48)(H,44,50)/t28-,29-/m0/s1. The molecule has 284 valence electrons. The second-order valence-corrected chi connectivity index (χ2v) is 14.4. The van der Waals surface area contributed by atoms with Crippen molar-refractivity contribution in [3.05, 3.63) is 88.3 Å². The summed E-state index contributed by atoms with van der Waals surface area (Å²) in [6.45, 7) is 4.25. The molecular formula is C38H45F3N6O6. The van der Waals surface area contributed by atoms with Gasteiger partial charge in [0.2, 0.25) is 11.8 Å². The highest BCUT2D eigenvalue weighted by molar-refractivity contribution is 5.97. The van der Waals surface area contributed by atoms with Crippen molar-refractivity contribution in [3.63, 3.8) is 0 Å². The van der Waals surface area contributed by atoms with E-state index in [-0.39, 0.29) is 61.0 Å². The lowest BCUT2D eigenvalue weighted by atomic mass is 9.80. The van der Waals surface area contributed by atoms with Crippen LogP contribution in [0, 0.1) is 18.8 Å². The predicted octanol–water partition coefficient (Wildman–Crippen LogP) is 4.96. The highest BCUT2D eigenvalue weighted by Crippen LogP contribution is 2.32. The molecule has 0 radical (unpaired) electrons. The molecule has 3 aliphatic rings. The molecule has 3 N–H and O–H groups in total. The largest absolute Gasteiger partial charge is 0.445 e. The molecule has 3 aromatic rings. The fourth-order valence-corrected chi connectivity index (χ4v) is 7.58. The van der Waals surface area contributed by atoms with Gasteiger partial charge in [-0.25, -0.2) is 4.79 Å². The SMILES string of the molecule is Cc1noc2c1C(=O)NC1(CCN(Cc3ccc(C(F)(F)F)cc3)CC1)CC(=O)NCC[C@H]1CN(C(=O)OCc3ccccc3)CC[C@H]1CC(=O)NC2. The molecule has 6 rings (SSSR count). The Hall–Kier alpha value is -4.92. The Kier molecular flexibility index (Phi) is 11.7. The lowest BCUT2D eigenvalue weighted by Crippen LogP contribution is -2.57. The lowest BCUT2D eigenvalue weighted by molar-refractivity contribution is -0.137. The molecule has 4 heterocycles. The van der Waals surface area contributed by atoms with Gasteiger partial charge in [0.15, 0.2) is 5.76 Å². The average Bonchev–Trinajstić information content (AvgIpc) is 3.51. The van der Waals surface area contributed by atoms with Crippen LogP contribution in [0.3, 0.4) is 0 Å². The van der Waals surface area contributed by atoms with E-state index >= 15 is 0 Å². The molecular weight excluding hydrogens is 693 g/mol. The molecule has 0 aliphatic carbocycles. The maximum Gasteiger partial charge on any atom is 0.416 e. The van der Waals surface area contributed by atoms with E-state index in [4.69, 9.17) is 9.26 Å². The van der Waals surface area contributed by atoms with Crippen LogP contribution in [0.25, 0.3) is 0 Å². The second-order valence-electron chi connectivity index (χ2n) is 14.4. The minimum absolute atomic E-state index is 0.00921. The summed E-state index contributed by atoms with van der Waals surface area (Å²) in [4.78, 5) is 57.4. The number of piperidine rings is 2. The Morgan fingerprint density at radius 2 is 1.68 bits per heavy atom. The minimum atomic E-state index is -4.41. The summed E-state index contributed by atoms with van der Waals surface area (Å²) in [5, 5.41) is 13.0. The number of carbonyl (C=O) groups excluding carboxylic acids is 4. The van der Waals surface area contributed by atoms with Gasteiger partial charge in [-0.1, -0.05) is 47.6 Å². The fraction of sp³-hybridized carbons (Fsp3) is 0.500. The van der Waals surface area contributed by atoms with E-state index in [2.05, 4.69) is 26.0 Å². The van der Waals surface area contributed by atoms with E-state index in [0.29, 0.717) is 70.6 Å². The van der Waals surface area contributed by atoms with Gasteiger partial charge in [0.1, 0.15) is 12.2 Å². The molecule has 3 aliphatic heterocycles. The van der Waals surface area contributed by atoms with Crippen molar-refractivity contribution in [1.82, 2.24) is 30.9 Å². The number of alkyl halides is 3. The number of amides is 4. The summed E-state index contributed by atoms with van der Waals surface area (Å²) in [5.41, 5.74) is 0.516. The van der Waals surface area contributed by atoms with Crippen LogP contribution in [0.2, 0.25) is 0 Å². The summed E-state index contributed by atoms with van der Waals surface area (Å²) in [6, 6.07) is 14.5. The summed E-state index contributed by atoms with van der Waals surface area (Å²) in [6.07, 6.45) is -2.71. The highest BCUT2D eigenvalue weighted by atomic mass is 19.4. The normalized spacial score (nSPS) is 21.9. The lowest BCUT2D eigenvalue weighted by Gasteiger charge is -2.42. The first-order valence-electron chi connectivity index (χ1n) is 18.0. The Morgan fingerprint density at radius 3 is 2.40 bits per heavy atom. The molecule has 53 heavy (non-hydrogen) atoms. The van der Waals surface area contributed by atoms with Crippen molar-refractivity contribution in [2.24, 2.45) is 11.8 Å². The van der Waals surface area contributed by atoms with Crippen LogP contribution in [-0.4, -0.2) is 77.0 Å². The number of hydrogen-bond donors (Lipinski definition) is 3. The first-order chi connectivity index (χ1) is 25.4. The van der Waals surface area contributed by atoms with Gasteiger partial charge in [-0.3, -0.25) is 19.3 Å². The van der Waals surface area contributed by atoms with Crippen molar-refractivity contribution in [2.75, 3.05) is 32.7 Å². The number of nitrogens with one attached hydrogen (secondary N) is 3. The Balaban J connectivity index is 1.14. The number of halogens is 3. The van der Waals surface area contributed by atoms with E-state index in [9.17, 15) is 32.3 Å². The highest BCUT2D eigenvalue weighted by Gasteiger charge is 2.40. The minimum Gasteiger partial charge on any atom is -0.445 e. The molecule has 0 unspecified atom stereocenters. The molecule has 4 amide bonds. The van der Waals surface area contributed by atoms with E-state index in [1.165, 1.54) is 12.1 Å². The van der Waals surface area contributed by atoms with E-state index in [1.54, 1.807) is 11.8 Å². The number of hydrogen-bond acceptors (Lipinski definition) is 8. The maximum absolute atomic E-state index is 13.8. The number of aromatic nitrogens is 1. The fourth-order valence-electron chi connectivity index (χ4n) is 7.58. The molecule has 0 bridgehead atoms. The third kappa shape index (κ3) is 9.75. The molecule has 0 saturated carbocycles. The third-order valence-corrected chi connectivity index (χ3v) is 10.6. The zero-order chi connectivity index (χ0) is 37.6. The smallest absolute Gasteiger partial charge is 0.416 e. The van der Waals surface area contributed by atoms with Gasteiger partial charge in [-0.05, 0) is 67.7 Å². The molecule has 1 spiro atoms. The molecule has 2 fully saturated rings. The number of fused-ring (bicyclic) bond motifs is 2. The number of nitrogens with zero attached hydrogens (tertiary/aromatic N) is 3. The molecule has 2 aromatic carbocycles. The van der Waals surface area contributed by atoms with Gasteiger partial charge in [0.25, 0.3) is 5.91 Å².